The van der Waals surface area contributed by atoms with E-state index in [1.165, 1.54) is 0 Å². The lowest BCUT2D eigenvalue weighted by atomic mass is 9.72. The lowest BCUT2D eigenvalue weighted by Crippen LogP contribution is -2.41. The van der Waals surface area contributed by atoms with Crippen molar-refractivity contribution < 1.29 is 24.9 Å². The van der Waals surface area contributed by atoms with Crippen molar-refractivity contribution >= 4 is 11.9 Å². The van der Waals surface area contributed by atoms with E-state index in [9.17, 15) is 9.59 Å². The van der Waals surface area contributed by atoms with E-state index < -0.39 is 24.0 Å². The van der Waals surface area contributed by atoms with Crippen molar-refractivity contribution in [3.05, 3.63) is 0 Å². The van der Waals surface area contributed by atoms with Gasteiger partial charge >= 0.3 is 11.9 Å². The van der Waals surface area contributed by atoms with E-state index in [4.69, 9.17) is 15.3 Å². The van der Waals surface area contributed by atoms with Crippen LogP contribution in [0.2, 0.25) is 0 Å². The predicted octanol–water partition coefficient (Wildman–Crippen LogP) is -0.457. The molecule has 0 heterocycles. The Morgan fingerprint density at radius 2 is 1.75 bits per heavy atom. The minimum Gasteiger partial charge on any atom is -0.481 e. The number of hydrogen-bond donors (Lipinski definition) is 3. The molecule has 1 aliphatic carbocycles. The summed E-state index contributed by atoms with van der Waals surface area (Å²) in [5, 5.41) is 25.7. The van der Waals surface area contributed by atoms with Gasteiger partial charge in [0, 0.05) is 0 Å². The van der Waals surface area contributed by atoms with E-state index in [0.29, 0.717) is 0 Å². The third-order valence-electron chi connectivity index (χ3n) is 2.22. The molecule has 0 saturated heterocycles. The molecule has 0 aromatic rings. The largest absolute Gasteiger partial charge is 0.481 e. The van der Waals surface area contributed by atoms with Gasteiger partial charge < -0.3 is 15.3 Å². The first-order valence-corrected chi connectivity index (χ1v) is 3.66. The van der Waals surface area contributed by atoms with E-state index in [1.54, 1.807) is 0 Å². The van der Waals surface area contributed by atoms with Gasteiger partial charge in [0.15, 0.2) is 6.10 Å². The fraction of sp³-hybridized carbons (Fsp3) is 0.714. The van der Waals surface area contributed by atoms with Crippen LogP contribution < -0.4 is 0 Å². The molecule has 0 aromatic heterocycles. The smallest absolute Gasteiger partial charge is 0.332 e. The first-order valence-electron chi connectivity index (χ1n) is 3.66. The predicted molar refractivity (Wildman–Crippen MR) is 37.5 cm³/mol. The molecule has 1 rings (SSSR count). The highest BCUT2D eigenvalue weighted by Crippen LogP contribution is 2.36. The van der Waals surface area contributed by atoms with Crippen LogP contribution in [0.25, 0.3) is 0 Å². The van der Waals surface area contributed by atoms with Crippen LogP contribution in [0.5, 0.6) is 0 Å². The average Bonchev–Trinajstić information content (AvgIpc) is 1.82. The summed E-state index contributed by atoms with van der Waals surface area (Å²) in [6, 6.07) is 0. The molecule has 68 valence electrons. The fourth-order valence-electron chi connectivity index (χ4n) is 1.32. The minimum absolute atomic E-state index is 0.267. The molecule has 1 aliphatic rings. The summed E-state index contributed by atoms with van der Waals surface area (Å²) in [6.07, 6.45) is -0.869. The third-order valence-corrected chi connectivity index (χ3v) is 2.22. The molecule has 0 aliphatic heterocycles. The van der Waals surface area contributed by atoms with Crippen LogP contribution in [-0.2, 0) is 9.59 Å². The minimum atomic E-state index is -1.40. The quantitative estimate of drug-likeness (QED) is 0.538. The van der Waals surface area contributed by atoms with Gasteiger partial charge in [-0.1, -0.05) is 0 Å². The third kappa shape index (κ3) is 1.55. The zero-order chi connectivity index (χ0) is 9.30. The van der Waals surface area contributed by atoms with Crippen molar-refractivity contribution in [2.24, 2.45) is 11.8 Å². The number of aliphatic carboxylic acids is 2. The Balaban J connectivity index is 2.34. The molecule has 1 fully saturated rings. The molecule has 0 spiro atoms. The maximum atomic E-state index is 10.3. The van der Waals surface area contributed by atoms with Gasteiger partial charge in [0.1, 0.15) is 0 Å². The number of aliphatic hydroxyl groups excluding tert-OH is 1. The highest BCUT2D eigenvalue weighted by Gasteiger charge is 2.41. The Hall–Kier alpha value is -1.10. The molecular formula is C7H10O5. The van der Waals surface area contributed by atoms with E-state index in [1.807, 2.05) is 0 Å². The Bertz CT molecular complexity index is 206. The van der Waals surface area contributed by atoms with Crippen molar-refractivity contribution in [1.82, 2.24) is 0 Å². The molecule has 0 bridgehead atoms. The summed E-state index contributed by atoms with van der Waals surface area (Å²) in [7, 11) is 0. The second-order valence-corrected chi connectivity index (χ2v) is 3.05. The van der Waals surface area contributed by atoms with Gasteiger partial charge in [-0.05, 0) is 18.8 Å². The zero-order valence-corrected chi connectivity index (χ0v) is 6.30. The Kier molecular flexibility index (Phi) is 2.32. The zero-order valence-electron chi connectivity index (χ0n) is 6.30. The maximum Gasteiger partial charge on any atom is 0.332 e. The number of hydrogen-bond acceptors (Lipinski definition) is 3. The number of carboxylic acid groups (broad SMARTS) is 2. The molecule has 0 amide bonds. The summed E-state index contributed by atoms with van der Waals surface area (Å²) in [6.45, 7) is 0. The molecular weight excluding hydrogens is 164 g/mol. The monoisotopic (exact) mass is 174 g/mol. The highest BCUT2D eigenvalue weighted by atomic mass is 16.4. The summed E-state index contributed by atoms with van der Waals surface area (Å²) in [5.41, 5.74) is 0. The van der Waals surface area contributed by atoms with Gasteiger partial charge in [-0.2, -0.15) is 0 Å². The molecule has 12 heavy (non-hydrogen) atoms. The molecule has 3 N–H and O–H groups in total. The second kappa shape index (κ2) is 3.10. The second-order valence-electron chi connectivity index (χ2n) is 3.05. The maximum absolute atomic E-state index is 10.3. The summed E-state index contributed by atoms with van der Waals surface area (Å²) in [4.78, 5) is 20.5. The van der Waals surface area contributed by atoms with Crippen molar-refractivity contribution in [3.8, 4) is 0 Å². The van der Waals surface area contributed by atoms with Crippen LogP contribution in [0.3, 0.4) is 0 Å². The number of carbonyl (C=O) groups is 2. The number of aliphatic hydroxyl groups is 1. The first kappa shape index (κ1) is 8.99. The van der Waals surface area contributed by atoms with E-state index in [-0.39, 0.29) is 18.8 Å². The molecule has 1 saturated carbocycles. The van der Waals surface area contributed by atoms with Crippen LogP contribution >= 0.6 is 0 Å². The molecule has 0 aromatic carbocycles. The van der Waals surface area contributed by atoms with E-state index >= 15 is 0 Å². The van der Waals surface area contributed by atoms with E-state index in [2.05, 4.69) is 0 Å². The summed E-state index contributed by atoms with van der Waals surface area (Å²) >= 11 is 0. The summed E-state index contributed by atoms with van der Waals surface area (Å²) < 4.78 is 0. The number of rotatable bonds is 3. The summed E-state index contributed by atoms with van der Waals surface area (Å²) in [5.74, 6) is -3.04. The Labute approximate surface area is 68.6 Å². The van der Waals surface area contributed by atoms with Crippen LogP contribution in [0, 0.1) is 11.8 Å². The van der Waals surface area contributed by atoms with Crippen molar-refractivity contribution in [2.45, 2.75) is 18.9 Å². The standard InChI is InChI=1S/C7H10O5/c8-5(7(11)12)3-1-4(2-3)6(9)10/h3-5,8H,1-2H2,(H,9,10)(H,11,12). The number of carboxylic acids is 2. The van der Waals surface area contributed by atoms with Gasteiger partial charge in [-0.15, -0.1) is 0 Å². The fourth-order valence-corrected chi connectivity index (χ4v) is 1.32. The van der Waals surface area contributed by atoms with Crippen molar-refractivity contribution in [3.63, 3.8) is 0 Å². The molecule has 5 nitrogen and oxygen atoms in total. The van der Waals surface area contributed by atoms with E-state index in [0.717, 1.165) is 0 Å². The molecule has 1 unspecified atom stereocenters. The molecule has 0 radical (unpaired) electrons. The molecule has 5 heteroatoms. The van der Waals surface area contributed by atoms with Crippen molar-refractivity contribution in [2.75, 3.05) is 0 Å². The van der Waals surface area contributed by atoms with Gasteiger partial charge in [-0.25, -0.2) is 4.79 Å². The highest BCUT2D eigenvalue weighted by molar-refractivity contribution is 5.75. The normalized spacial score (nSPS) is 30.4. The van der Waals surface area contributed by atoms with Crippen LogP contribution in [0.4, 0.5) is 0 Å². The van der Waals surface area contributed by atoms with Gasteiger partial charge in [0.2, 0.25) is 0 Å². The first-order chi connectivity index (χ1) is 5.52. The van der Waals surface area contributed by atoms with Crippen molar-refractivity contribution in [1.29, 1.82) is 0 Å². The van der Waals surface area contributed by atoms with Gasteiger partial charge in [-0.3, -0.25) is 4.79 Å². The topological polar surface area (TPSA) is 94.8 Å². The lowest BCUT2D eigenvalue weighted by Gasteiger charge is -2.33. The van der Waals surface area contributed by atoms with Crippen LogP contribution in [0.1, 0.15) is 12.8 Å². The van der Waals surface area contributed by atoms with Crippen LogP contribution in [-0.4, -0.2) is 33.4 Å². The van der Waals surface area contributed by atoms with Gasteiger partial charge in [0.05, 0.1) is 5.92 Å². The Morgan fingerprint density at radius 1 is 1.25 bits per heavy atom. The van der Waals surface area contributed by atoms with Crippen LogP contribution in [0.15, 0.2) is 0 Å². The average molecular weight is 174 g/mol. The molecule has 1 atom stereocenters. The Morgan fingerprint density at radius 3 is 2.08 bits per heavy atom. The SMILES string of the molecule is O=C(O)C1CC(C(O)C(=O)O)C1. The van der Waals surface area contributed by atoms with Gasteiger partial charge in [0.25, 0.3) is 0 Å². The lowest BCUT2D eigenvalue weighted by molar-refractivity contribution is -0.159.